The summed E-state index contributed by atoms with van der Waals surface area (Å²) in [5, 5.41) is 9.21. The van der Waals surface area contributed by atoms with Gasteiger partial charge in [0.1, 0.15) is 0 Å². The van der Waals surface area contributed by atoms with Crippen LogP contribution in [0.2, 0.25) is 0 Å². The van der Waals surface area contributed by atoms with E-state index < -0.39 is 5.97 Å². The second-order valence-electron chi connectivity index (χ2n) is 4.06. The highest BCUT2D eigenvalue weighted by Crippen LogP contribution is 2.16. The van der Waals surface area contributed by atoms with E-state index in [0.29, 0.717) is 24.0 Å². The van der Waals surface area contributed by atoms with Gasteiger partial charge in [0.05, 0.1) is 20.1 Å². The second kappa shape index (κ2) is 6.40. The quantitative estimate of drug-likeness (QED) is 0.494. The van der Waals surface area contributed by atoms with Crippen LogP contribution in [0.25, 0.3) is 0 Å². The summed E-state index contributed by atoms with van der Waals surface area (Å²) in [5.74, 6) is -0.733. The Balaban J connectivity index is 4.87. The first-order valence-corrected chi connectivity index (χ1v) is 5.30. The van der Waals surface area contributed by atoms with Gasteiger partial charge < -0.3 is 9.59 Å². The fourth-order valence-corrected chi connectivity index (χ4v) is 1.89. The van der Waals surface area contributed by atoms with Crippen molar-refractivity contribution in [2.24, 2.45) is 0 Å². The molecule has 1 N–H and O–H groups in total. The summed E-state index contributed by atoms with van der Waals surface area (Å²) in [7, 11) is 1.94. The Morgan fingerprint density at radius 1 is 1.40 bits per heavy atom. The third-order valence-corrected chi connectivity index (χ3v) is 2.69. The van der Waals surface area contributed by atoms with Crippen molar-refractivity contribution < 1.29 is 14.4 Å². The minimum Gasteiger partial charge on any atom is -0.477 e. The SMILES string of the molecule is C=CC[N+](C)(CC=C)C(CCC)C(=O)O. The molecule has 0 spiro atoms. The minimum absolute atomic E-state index is 0.369. The Hall–Kier alpha value is -1.09. The summed E-state index contributed by atoms with van der Waals surface area (Å²) < 4.78 is 0.455. The van der Waals surface area contributed by atoms with E-state index in [4.69, 9.17) is 0 Å². The summed E-state index contributed by atoms with van der Waals surface area (Å²) in [6.45, 7) is 10.7. The molecular weight excluding hydrogens is 190 g/mol. The van der Waals surface area contributed by atoms with Crippen molar-refractivity contribution >= 4 is 5.97 Å². The van der Waals surface area contributed by atoms with Crippen molar-refractivity contribution in [3.8, 4) is 0 Å². The molecule has 0 aromatic rings. The Morgan fingerprint density at radius 2 is 1.87 bits per heavy atom. The van der Waals surface area contributed by atoms with E-state index in [1.807, 2.05) is 14.0 Å². The third-order valence-electron chi connectivity index (χ3n) is 2.69. The van der Waals surface area contributed by atoms with Crippen LogP contribution < -0.4 is 0 Å². The van der Waals surface area contributed by atoms with E-state index in [-0.39, 0.29) is 6.04 Å². The first kappa shape index (κ1) is 13.9. The van der Waals surface area contributed by atoms with Gasteiger partial charge in [0, 0.05) is 6.42 Å². The summed E-state index contributed by atoms with van der Waals surface area (Å²) in [6, 6.07) is -0.369. The highest BCUT2D eigenvalue weighted by atomic mass is 16.4. The molecule has 0 aliphatic heterocycles. The maximum absolute atomic E-state index is 11.2. The third kappa shape index (κ3) is 3.88. The molecular formula is C12H22NO2+. The molecule has 3 heteroatoms. The Kier molecular flexibility index (Phi) is 5.94. The number of carboxylic acid groups (broad SMARTS) is 1. The predicted octanol–water partition coefficient (Wildman–Crippen LogP) is 2.06. The van der Waals surface area contributed by atoms with E-state index in [1.54, 1.807) is 12.2 Å². The van der Waals surface area contributed by atoms with Gasteiger partial charge in [-0.3, -0.25) is 0 Å². The number of rotatable bonds is 8. The van der Waals surface area contributed by atoms with Crippen molar-refractivity contribution in [1.82, 2.24) is 0 Å². The van der Waals surface area contributed by atoms with Gasteiger partial charge >= 0.3 is 5.97 Å². The fraction of sp³-hybridized carbons (Fsp3) is 0.583. The molecule has 0 bridgehead atoms. The molecule has 1 atom stereocenters. The van der Waals surface area contributed by atoms with E-state index in [2.05, 4.69) is 13.2 Å². The molecule has 1 unspecified atom stereocenters. The highest BCUT2D eigenvalue weighted by molar-refractivity contribution is 5.72. The lowest BCUT2D eigenvalue weighted by Crippen LogP contribution is -2.56. The molecule has 0 fully saturated rings. The zero-order valence-corrected chi connectivity index (χ0v) is 9.78. The van der Waals surface area contributed by atoms with Crippen LogP contribution in [0, 0.1) is 0 Å². The van der Waals surface area contributed by atoms with Gasteiger partial charge in [-0.15, -0.1) is 0 Å². The van der Waals surface area contributed by atoms with Gasteiger partial charge in [0.2, 0.25) is 0 Å². The largest absolute Gasteiger partial charge is 0.477 e. The van der Waals surface area contributed by atoms with Crippen molar-refractivity contribution in [3.63, 3.8) is 0 Å². The molecule has 15 heavy (non-hydrogen) atoms. The standard InChI is InChI=1S/C12H21NO2/c1-5-8-11(12(14)15)13(4,9-6-2)10-7-3/h6-7,11H,2-3,5,8-10H2,1,4H3/p+1. The van der Waals surface area contributed by atoms with E-state index in [1.165, 1.54) is 0 Å². The zero-order chi connectivity index (χ0) is 11.9. The van der Waals surface area contributed by atoms with Gasteiger partial charge in [0.25, 0.3) is 0 Å². The number of aliphatic carboxylic acids is 1. The van der Waals surface area contributed by atoms with Crippen LogP contribution >= 0.6 is 0 Å². The van der Waals surface area contributed by atoms with Crippen molar-refractivity contribution in [2.75, 3.05) is 20.1 Å². The summed E-state index contributed by atoms with van der Waals surface area (Å²) in [4.78, 5) is 11.2. The lowest BCUT2D eigenvalue weighted by molar-refractivity contribution is -0.914. The first-order chi connectivity index (χ1) is 7.01. The average Bonchev–Trinajstić information content (AvgIpc) is 2.14. The maximum atomic E-state index is 11.2. The van der Waals surface area contributed by atoms with Crippen LogP contribution in [0.4, 0.5) is 0 Å². The average molecular weight is 212 g/mol. The second-order valence-corrected chi connectivity index (χ2v) is 4.06. The van der Waals surface area contributed by atoms with Crippen LogP contribution in [0.5, 0.6) is 0 Å². The summed E-state index contributed by atoms with van der Waals surface area (Å²) in [6.07, 6.45) is 5.11. The zero-order valence-electron chi connectivity index (χ0n) is 9.78. The Morgan fingerprint density at radius 3 is 2.13 bits per heavy atom. The van der Waals surface area contributed by atoms with E-state index in [0.717, 1.165) is 6.42 Å². The first-order valence-electron chi connectivity index (χ1n) is 5.30. The Bertz CT molecular complexity index is 226. The number of carbonyl (C=O) groups is 1. The number of carboxylic acids is 1. The lowest BCUT2D eigenvalue weighted by atomic mass is 10.1. The molecule has 0 saturated carbocycles. The monoisotopic (exact) mass is 212 g/mol. The molecule has 86 valence electrons. The van der Waals surface area contributed by atoms with Gasteiger partial charge in [0.15, 0.2) is 6.04 Å². The molecule has 0 aromatic carbocycles. The van der Waals surface area contributed by atoms with Crippen LogP contribution in [0.15, 0.2) is 25.3 Å². The number of nitrogens with zero attached hydrogens (tertiary/aromatic N) is 1. The number of likely N-dealkylation sites (N-methyl/N-ethyl adjacent to an activating group) is 1. The fourth-order valence-electron chi connectivity index (χ4n) is 1.89. The number of quaternary nitrogens is 1. The van der Waals surface area contributed by atoms with Gasteiger partial charge in [-0.05, 0) is 18.6 Å². The molecule has 0 radical (unpaired) electrons. The van der Waals surface area contributed by atoms with Gasteiger partial charge in [-0.2, -0.15) is 0 Å². The molecule has 0 aromatic heterocycles. The van der Waals surface area contributed by atoms with E-state index >= 15 is 0 Å². The van der Waals surface area contributed by atoms with E-state index in [9.17, 15) is 9.90 Å². The smallest absolute Gasteiger partial charge is 0.362 e. The van der Waals surface area contributed by atoms with Crippen molar-refractivity contribution in [3.05, 3.63) is 25.3 Å². The van der Waals surface area contributed by atoms with Crippen LogP contribution in [-0.2, 0) is 4.79 Å². The van der Waals surface area contributed by atoms with Crippen LogP contribution in [0.3, 0.4) is 0 Å². The number of hydrogen-bond acceptors (Lipinski definition) is 1. The number of hydrogen-bond donors (Lipinski definition) is 1. The predicted molar refractivity (Wildman–Crippen MR) is 62.6 cm³/mol. The van der Waals surface area contributed by atoms with Crippen molar-refractivity contribution in [2.45, 2.75) is 25.8 Å². The molecule has 3 nitrogen and oxygen atoms in total. The highest BCUT2D eigenvalue weighted by Gasteiger charge is 2.35. The lowest BCUT2D eigenvalue weighted by Gasteiger charge is -2.37. The summed E-state index contributed by atoms with van der Waals surface area (Å²) >= 11 is 0. The molecule has 0 saturated heterocycles. The molecule has 0 aliphatic rings. The maximum Gasteiger partial charge on any atom is 0.362 e. The minimum atomic E-state index is -0.733. The van der Waals surface area contributed by atoms with Gasteiger partial charge in [-0.25, -0.2) is 4.79 Å². The van der Waals surface area contributed by atoms with Crippen LogP contribution in [0.1, 0.15) is 19.8 Å². The normalized spacial score (nSPS) is 13.2. The summed E-state index contributed by atoms with van der Waals surface area (Å²) in [5.41, 5.74) is 0. The van der Waals surface area contributed by atoms with Crippen molar-refractivity contribution in [1.29, 1.82) is 0 Å². The van der Waals surface area contributed by atoms with Crippen LogP contribution in [-0.4, -0.2) is 41.7 Å². The molecule has 0 aliphatic carbocycles. The molecule has 0 heterocycles. The van der Waals surface area contributed by atoms with Gasteiger partial charge in [-0.1, -0.05) is 20.1 Å². The molecule has 0 rings (SSSR count). The Labute approximate surface area is 92.3 Å². The molecule has 0 amide bonds. The topological polar surface area (TPSA) is 37.3 Å².